The molecule has 0 spiro atoms. The molecule has 0 bridgehead atoms. The normalized spacial score (nSPS) is 18.9. The monoisotopic (exact) mass is 1020 g/mol. The van der Waals surface area contributed by atoms with Gasteiger partial charge in [-0.3, -0.25) is 19.6 Å². The number of nitrogens with zero attached hydrogens (tertiary/aromatic N) is 8. The van der Waals surface area contributed by atoms with Gasteiger partial charge in [-0.15, -0.1) is 0 Å². The van der Waals surface area contributed by atoms with E-state index >= 15 is 0 Å². The van der Waals surface area contributed by atoms with Gasteiger partial charge in [-0.2, -0.15) is 10.1 Å². The largest absolute Gasteiger partial charge is 0.494 e. The van der Waals surface area contributed by atoms with Gasteiger partial charge in [-0.1, -0.05) is 48.0 Å². The predicted octanol–water partition coefficient (Wildman–Crippen LogP) is 9.11. The fourth-order valence-electron chi connectivity index (χ4n) is 11.1. The zero-order valence-electron chi connectivity index (χ0n) is 42.2. The highest BCUT2D eigenvalue weighted by molar-refractivity contribution is 7.70. The van der Waals surface area contributed by atoms with Crippen molar-refractivity contribution < 1.29 is 18.9 Å². The Balaban J connectivity index is 0.751. The average Bonchev–Trinajstić information content (AvgIpc) is 3.84. The number of methoxy groups -OCH3 is 1. The van der Waals surface area contributed by atoms with E-state index in [1.807, 2.05) is 78.9 Å². The Hall–Kier alpha value is -6.32. The highest BCUT2D eigenvalue weighted by Gasteiger charge is 2.32. The van der Waals surface area contributed by atoms with Crippen LogP contribution in [0.3, 0.4) is 0 Å². The number of rotatable bonds is 15. The summed E-state index contributed by atoms with van der Waals surface area (Å²) in [5, 5.41) is 18.0. The molecule has 4 N–H and O–H groups in total. The number of hydrogen-bond donors (Lipinski definition) is 4. The van der Waals surface area contributed by atoms with E-state index in [1.54, 1.807) is 26.6 Å². The minimum Gasteiger partial charge on any atom is -0.494 e. The number of anilines is 6. The Labute approximate surface area is 433 Å². The van der Waals surface area contributed by atoms with Crippen molar-refractivity contribution in [1.82, 2.24) is 39.8 Å². The van der Waals surface area contributed by atoms with Gasteiger partial charge in [0.05, 0.1) is 30.9 Å². The van der Waals surface area contributed by atoms with Crippen molar-refractivity contribution in [2.45, 2.75) is 69.4 Å². The van der Waals surface area contributed by atoms with Crippen LogP contribution < -0.4 is 36.2 Å². The zero-order valence-corrected chi connectivity index (χ0v) is 43.8. The average molecular weight is 1030 g/mol. The number of benzene rings is 3. The molecule has 10 rings (SSSR count). The number of likely N-dealkylation sites (tertiary alicyclic amines) is 2. The van der Waals surface area contributed by atoms with E-state index < -0.39 is 13.2 Å². The molecular formula is C55H66ClN12O4P. The summed E-state index contributed by atoms with van der Waals surface area (Å²) >= 11 is 6.72. The van der Waals surface area contributed by atoms with Crippen LogP contribution in [0, 0.1) is 5.92 Å². The van der Waals surface area contributed by atoms with Crippen LogP contribution in [-0.4, -0.2) is 125 Å². The van der Waals surface area contributed by atoms with Gasteiger partial charge in [0.25, 0.3) is 0 Å². The minimum atomic E-state index is -2.73. The highest BCUT2D eigenvalue weighted by Crippen LogP contribution is 2.43. The number of amides is 2. The lowest BCUT2D eigenvalue weighted by atomic mass is 9.88. The van der Waals surface area contributed by atoms with Crippen molar-refractivity contribution in [2.75, 3.05) is 87.1 Å². The lowest BCUT2D eigenvalue weighted by Gasteiger charge is -2.43. The van der Waals surface area contributed by atoms with E-state index in [1.165, 1.54) is 18.4 Å². The smallest absolute Gasteiger partial charge is 0.249 e. The molecule has 4 fully saturated rings. The molecule has 0 aliphatic carbocycles. The van der Waals surface area contributed by atoms with Crippen LogP contribution in [0.25, 0.3) is 22.3 Å². The standard InChI is InChI=1S/C55H66ClN12O4P/c1-65-35-41(32-59-65)43-30-47(62-55-58-33-44(56)53(64-55)61-45-11-10-39(28-50(45)73(3,4)71)37-8-6-5-7-9-37)49(72-2)31-48(43)68-26-19-42(20-27-68)67-24-15-36(16-25-67)34-66-22-17-38(18-23-66)40-14-21-57-51(29-40)60-46-12-13-52(69)63-54(46)70/h5-11,14,21,28-33,35-36,38,42,46H,12-13,15-20,22-27,34H2,1-4H3,(H,57,60)(H,63,69,70)(H2,58,61,62,64). The topological polar surface area (TPSA) is 175 Å². The Morgan fingerprint density at radius 3 is 2.30 bits per heavy atom. The first-order valence-corrected chi connectivity index (χ1v) is 28.6. The van der Waals surface area contributed by atoms with Crippen molar-refractivity contribution in [3.63, 3.8) is 0 Å². The van der Waals surface area contributed by atoms with Crippen LogP contribution in [-0.2, 0) is 21.2 Å². The summed E-state index contributed by atoms with van der Waals surface area (Å²) in [6.45, 7) is 11.0. The first kappa shape index (κ1) is 50.2. The van der Waals surface area contributed by atoms with E-state index in [2.05, 4.69) is 75.3 Å². The number of aromatic nitrogens is 5. The van der Waals surface area contributed by atoms with Crippen molar-refractivity contribution in [3.05, 3.63) is 108 Å². The lowest BCUT2D eigenvalue weighted by Crippen LogP contribution is -2.49. The molecule has 382 valence electrons. The zero-order chi connectivity index (χ0) is 50.6. The Morgan fingerprint density at radius 1 is 0.808 bits per heavy atom. The summed E-state index contributed by atoms with van der Waals surface area (Å²) in [7, 11) is 0.888. The number of carbonyl (C=O) groups excluding carboxylic acids is 2. The van der Waals surface area contributed by atoms with E-state index in [0.717, 1.165) is 99.4 Å². The van der Waals surface area contributed by atoms with Gasteiger partial charge in [0, 0.05) is 79.7 Å². The molecule has 4 aliphatic rings. The van der Waals surface area contributed by atoms with Gasteiger partial charge < -0.3 is 40.0 Å². The third-order valence-corrected chi connectivity index (χ3v) is 17.0. The summed E-state index contributed by atoms with van der Waals surface area (Å²) < 4.78 is 21.5. The molecular weight excluding hydrogens is 959 g/mol. The van der Waals surface area contributed by atoms with Crippen molar-refractivity contribution in [3.8, 4) is 28.0 Å². The van der Waals surface area contributed by atoms with Gasteiger partial charge in [-0.25, -0.2) is 9.97 Å². The molecule has 1 unspecified atom stereocenters. The van der Waals surface area contributed by atoms with Gasteiger partial charge in [0.15, 0.2) is 5.82 Å². The Bertz CT molecular complexity index is 2980. The number of aryl methyl sites for hydroxylation is 1. The van der Waals surface area contributed by atoms with Crippen LogP contribution >= 0.6 is 18.7 Å². The number of imide groups is 1. The van der Waals surface area contributed by atoms with Gasteiger partial charge in [0.2, 0.25) is 17.8 Å². The quantitative estimate of drug-likeness (QED) is 0.0566. The fourth-order valence-corrected chi connectivity index (χ4v) is 12.4. The maximum Gasteiger partial charge on any atom is 0.249 e. The van der Waals surface area contributed by atoms with Gasteiger partial charge >= 0.3 is 0 Å². The summed E-state index contributed by atoms with van der Waals surface area (Å²) in [5.41, 5.74) is 7.78. The number of carbonyl (C=O) groups is 2. The van der Waals surface area contributed by atoms with Crippen LogP contribution in [0.5, 0.6) is 5.75 Å². The van der Waals surface area contributed by atoms with E-state index in [0.29, 0.717) is 75.8 Å². The third-order valence-electron chi connectivity index (χ3n) is 15.2. The second-order valence-corrected chi connectivity index (χ2v) is 24.0. The van der Waals surface area contributed by atoms with Gasteiger partial charge in [0.1, 0.15) is 29.8 Å². The van der Waals surface area contributed by atoms with Gasteiger partial charge in [-0.05, 0) is 143 Å². The molecule has 3 aromatic carbocycles. The molecule has 0 radical (unpaired) electrons. The van der Waals surface area contributed by atoms with Crippen LogP contribution in [0.2, 0.25) is 5.02 Å². The molecule has 7 heterocycles. The minimum absolute atomic E-state index is 0.213. The number of pyridine rings is 1. The fraction of sp³-hybridized carbons (Fsp3) is 0.418. The van der Waals surface area contributed by atoms with Crippen molar-refractivity contribution >= 4 is 70.5 Å². The summed E-state index contributed by atoms with van der Waals surface area (Å²) in [5.74, 6) is 2.75. The Kier molecular flexibility index (Phi) is 15.2. The van der Waals surface area contributed by atoms with E-state index in [4.69, 9.17) is 21.3 Å². The lowest BCUT2D eigenvalue weighted by molar-refractivity contribution is -0.133. The molecule has 4 saturated heterocycles. The maximum atomic E-state index is 13.6. The highest BCUT2D eigenvalue weighted by atomic mass is 35.5. The molecule has 1 atom stereocenters. The second kappa shape index (κ2) is 22.0. The SMILES string of the molecule is COc1cc(N2CCC(N3CCC(CN4CCC(c5ccnc(NC6CCC(=O)NC6=O)c5)CC4)CC3)CC2)c(-c2cnn(C)c2)cc1Nc1ncc(Cl)c(Nc2ccc(-c3ccccc3)cc2P(C)(C)=O)n1. The Morgan fingerprint density at radius 2 is 1.59 bits per heavy atom. The van der Waals surface area contributed by atoms with E-state index in [-0.39, 0.29) is 11.8 Å². The number of ether oxygens (including phenoxy) is 1. The molecule has 2 amide bonds. The predicted molar refractivity (Wildman–Crippen MR) is 292 cm³/mol. The molecule has 18 heteroatoms. The van der Waals surface area contributed by atoms with Crippen LogP contribution in [0.1, 0.15) is 62.8 Å². The van der Waals surface area contributed by atoms with Crippen LogP contribution in [0.4, 0.5) is 34.6 Å². The molecule has 3 aromatic heterocycles. The van der Waals surface area contributed by atoms with Crippen molar-refractivity contribution in [2.24, 2.45) is 13.0 Å². The molecule has 73 heavy (non-hydrogen) atoms. The third kappa shape index (κ3) is 11.9. The maximum absolute atomic E-state index is 13.6. The molecule has 4 aliphatic heterocycles. The second-order valence-electron chi connectivity index (χ2n) is 20.5. The summed E-state index contributed by atoms with van der Waals surface area (Å²) in [4.78, 5) is 45.7. The summed E-state index contributed by atoms with van der Waals surface area (Å²) in [6.07, 6.45) is 15.0. The number of hydrogen-bond acceptors (Lipinski definition) is 14. The summed E-state index contributed by atoms with van der Waals surface area (Å²) in [6, 6.07) is 24.5. The number of piperidine rings is 4. The van der Waals surface area contributed by atoms with E-state index in [9.17, 15) is 14.2 Å². The number of halogens is 1. The first-order valence-electron chi connectivity index (χ1n) is 25.6. The molecule has 6 aromatic rings. The first-order chi connectivity index (χ1) is 35.3. The van der Waals surface area contributed by atoms with Crippen LogP contribution in [0.15, 0.2) is 97.6 Å². The molecule has 16 nitrogen and oxygen atoms in total. The number of nitrogens with one attached hydrogen (secondary N) is 4. The van der Waals surface area contributed by atoms with Crippen molar-refractivity contribution in [1.29, 1.82) is 0 Å². The molecule has 0 saturated carbocycles.